The molecule has 2 amide bonds. The lowest BCUT2D eigenvalue weighted by atomic mass is 10.3. The van der Waals surface area contributed by atoms with Crippen LogP contribution in [0.25, 0.3) is 0 Å². The zero-order chi connectivity index (χ0) is 13.4. The maximum atomic E-state index is 11.2. The van der Waals surface area contributed by atoms with Crippen molar-refractivity contribution >= 4 is 23.3 Å². The highest BCUT2D eigenvalue weighted by Crippen LogP contribution is 2.09. The second-order valence-corrected chi connectivity index (χ2v) is 4.61. The molecule has 0 aliphatic rings. The van der Waals surface area contributed by atoms with Gasteiger partial charge in [-0.2, -0.15) is 0 Å². The number of aryl methyl sites for hydroxylation is 1. The molecule has 0 aromatic carbocycles. The third-order valence-corrected chi connectivity index (χ3v) is 3.23. The van der Waals surface area contributed by atoms with Crippen LogP contribution in [-0.4, -0.2) is 35.2 Å². The fourth-order valence-corrected chi connectivity index (χ4v) is 2.05. The molecular weight excluding hydrogens is 254 g/mol. The quantitative estimate of drug-likeness (QED) is 0.690. The van der Waals surface area contributed by atoms with E-state index < -0.39 is 5.97 Å². The molecule has 0 spiro atoms. The molecule has 100 valence electrons. The van der Waals surface area contributed by atoms with Gasteiger partial charge in [-0.05, 0) is 6.42 Å². The number of hydrogen-bond donors (Lipinski definition) is 3. The smallest absolute Gasteiger partial charge is 0.314 e. The first-order valence-electron chi connectivity index (χ1n) is 5.78. The van der Waals surface area contributed by atoms with Crippen LogP contribution in [0.5, 0.6) is 0 Å². The van der Waals surface area contributed by atoms with E-state index in [-0.39, 0.29) is 19.0 Å². The van der Waals surface area contributed by atoms with Gasteiger partial charge in [0.1, 0.15) is 0 Å². The van der Waals surface area contributed by atoms with Crippen molar-refractivity contribution in [2.45, 2.75) is 26.2 Å². The number of carboxylic acid groups (broad SMARTS) is 1. The number of thiazole rings is 1. The number of aromatic nitrogens is 1. The Hall–Kier alpha value is -1.63. The zero-order valence-electron chi connectivity index (χ0n) is 10.2. The maximum Gasteiger partial charge on any atom is 0.314 e. The minimum Gasteiger partial charge on any atom is -0.481 e. The van der Waals surface area contributed by atoms with Crippen molar-refractivity contribution in [2.75, 3.05) is 13.1 Å². The van der Waals surface area contributed by atoms with Crippen molar-refractivity contribution in [3.63, 3.8) is 0 Å². The van der Waals surface area contributed by atoms with E-state index in [1.807, 2.05) is 5.38 Å². The van der Waals surface area contributed by atoms with Gasteiger partial charge in [0.25, 0.3) is 0 Å². The van der Waals surface area contributed by atoms with Crippen LogP contribution in [-0.2, 0) is 17.6 Å². The second kappa shape index (κ2) is 7.65. The highest BCUT2D eigenvalue weighted by Gasteiger charge is 2.03. The van der Waals surface area contributed by atoms with Crippen LogP contribution < -0.4 is 10.6 Å². The molecule has 7 heteroatoms. The van der Waals surface area contributed by atoms with Crippen molar-refractivity contribution in [3.05, 3.63) is 16.1 Å². The Bertz CT molecular complexity index is 406. The Morgan fingerprint density at radius 1 is 1.39 bits per heavy atom. The van der Waals surface area contributed by atoms with Crippen LogP contribution in [0, 0.1) is 0 Å². The molecule has 3 N–H and O–H groups in total. The molecule has 0 aliphatic carbocycles. The molecule has 0 bridgehead atoms. The molecule has 0 saturated heterocycles. The van der Waals surface area contributed by atoms with Crippen molar-refractivity contribution in [3.8, 4) is 0 Å². The van der Waals surface area contributed by atoms with E-state index >= 15 is 0 Å². The molecule has 0 aliphatic heterocycles. The number of amides is 2. The number of nitrogens with one attached hydrogen (secondary N) is 2. The van der Waals surface area contributed by atoms with Gasteiger partial charge in [-0.1, -0.05) is 6.92 Å². The lowest BCUT2D eigenvalue weighted by molar-refractivity contribution is -0.136. The number of carboxylic acids is 1. The minimum absolute atomic E-state index is 0.0701. The van der Waals surface area contributed by atoms with E-state index in [0.29, 0.717) is 13.0 Å². The van der Waals surface area contributed by atoms with E-state index in [2.05, 4.69) is 22.5 Å². The summed E-state index contributed by atoms with van der Waals surface area (Å²) in [5, 5.41) is 16.6. The molecule has 0 saturated carbocycles. The van der Waals surface area contributed by atoms with Crippen molar-refractivity contribution < 1.29 is 14.7 Å². The van der Waals surface area contributed by atoms with Crippen LogP contribution in [0.4, 0.5) is 4.79 Å². The Morgan fingerprint density at radius 3 is 2.72 bits per heavy atom. The zero-order valence-corrected chi connectivity index (χ0v) is 11.0. The number of urea groups is 1. The Kier molecular flexibility index (Phi) is 6.13. The van der Waals surface area contributed by atoms with Gasteiger partial charge in [-0.3, -0.25) is 4.79 Å². The van der Waals surface area contributed by atoms with Crippen LogP contribution in [0.1, 0.15) is 24.0 Å². The standard InChI is InChI=1S/C11H17N3O3S/c1-2-9-14-8(7-18-9)3-5-12-11(17)13-6-4-10(15)16/h7H,2-6H2,1H3,(H,15,16)(H2,12,13,17). The summed E-state index contributed by atoms with van der Waals surface area (Å²) >= 11 is 1.62. The monoisotopic (exact) mass is 271 g/mol. The van der Waals surface area contributed by atoms with Gasteiger partial charge in [0.2, 0.25) is 0 Å². The molecule has 1 heterocycles. The van der Waals surface area contributed by atoms with E-state index in [0.717, 1.165) is 17.1 Å². The lowest BCUT2D eigenvalue weighted by Crippen LogP contribution is -2.37. The highest BCUT2D eigenvalue weighted by molar-refractivity contribution is 7.09. The van der Waals surface area contributed by atoms with E-state index in [1.54, 1.807) is 11.3 Å². The summed E-state index contributed by atoms with van der Waals surface area (Å²) in [5.74, 6) is -0.926. The topological polar surface area (TPSA) is 91.3 Å². The van der Waals surface area contributed by atoms with Gasteiger partial charge in [0.15, 0.2) is 0 Å². The molecular formula is C11H17N3O3S. The third kappa shape index (κ3) is 5.62. The normalized spacial score (nSPS) is 10.1. The number of hydrogen-bond acceptors (Lipinski definition) is 4. The fraction of sp³-hybridized carbons (Fsp3) is 0.545. The molecule has 1 rings (SSSR count). The summed E-state index contributed by atoms with van der Waals surface area (Å²) in [6.07, 6.45) is 1.54. The van der Waals surface area contributed by atoms with Gasteiger partial charge >= 0.3 is 12.0 Å². The summed E-state index contributed by atoms with van der Waals surface area (Å²) in [6.45, 7) is 2.68. The van der Waals surface area contributed by atoms with Gasteiger partial charge < -0.3 is 15.7 Å². The molecule has 0 atom stereocenters. The Morgan fingerprint density at radius 2 is 2.11 bits per heavy atom. The van der Waals surface area contributed by atoms with Gasteiger partial charge in [0.05, 0.1) is 17.1 Å². The van der Waals surface area contributed by atoms with E-state index in [9.17, 15) is 9.59 Å². The Balaban J connectivity index is 2.13. The van der Waals surface area contributed by atoms with E-state index in [1.165, 1.54) is 0 Å². The molecule has 0 fully saturated rings. The average Bonchev–Trinajstić information content (AvgIpc) is 2.76. The summed E-state index contributed by atoms with van der Waals surface area (Å²) in [7, 11) is 0. The molecule has 18 heavy (non-hydrogen) atoms. The third-order valence-electron chi connectivity index (χ3n) is 2.19. The van der Waals surface area contributed by atoms with Gasteiger partial charge in [0, 0.05) is 24.9 Å². The summed E-state index contributed by atoms with van der Waals surface area (Å²) in [6, 6.07) is -0.345. The van der Waals surface area contributed by atoms with Crippen molar-refractivity contribution in [1.82, 2.24) is 15.6 Å². The van der Waals surface area contributed by atoms with Crippen LogP contribution in [0.3, 0.4) is 0 Å². The van der Waals surface area contributed by atoms with Crippen molar-refractivity contribution in [2.24, 2.45) is 0 Å². The average molecular weight is 271 g/mol. The summed E-state index contributed by atoms with van der Waals surface area (Å²) in [4.78, 5) is 25.9. The van der Waals surface area contributed by atoms with Crippen LogP contribution >= 0.6 is 11.3 Å². The largest absolute Gasteiger partial charge is 0.481 e. The summed E-state index contributed by atoms with van der Waals surface area (Å²) in [5.41, 5.74) is 0.975. The number of aliphatic carboxylic acids is 1. The molecule has 1 aromatic heterocycles. The first-order chi connectivity index (χ1) is 8.61. The SMILES string of the molecule is CCc1nc(CCNC(=O)NCCC(=O)O)cs1. The number of carbonyl (C=O) groups excluding carboxylic acids is 1. The van der Waals surface area contributed by atoms with Crippen LogP contribution in [0.15, 0.2) is 5.38 Å². The highest BCUT2D eigenvalue weighted by atomic mass is 32.1. The maximum absolute atomic E-state index is 11.2. The van der Waals surface area contributed by atoms with Crippen molar-refractivity contribution in [1.29, 1.82) is 0 Å². The molecule has 0 unspecified atom stereocenters. The van der Waals surface area contributed by atoms with Gasteiger partial charge in [-0.15, -0.1) is 11.3 Å². The number of rotatable bonds is 7. The first kappa shape index (κ1) is 14.4. The molecule has 6 nitrogen and oxygen atoms in total. The number of carbonyl (C=O) groups is 2. The van der Waals surface area contributed by atoms with Crippen LogP contribution in [0.2, 0.25) is 0 Å². The number of nitrogens with zero attached hydrogens (tertiary/aromatic N) is 1. The predicted octanol–water partition coefficient (Wildman–Crippen LogP) is 1.02. The molecule has 1 aromatic rings. The summed E-state index contributed by atoms with van der Waals surface area (Å²) < 4.78 is 0. The lowest BCUT2D eigenvalue weighted by Gasteiger charge is -2.05. The van der Waals surface area contributed by atoms with E-state index in [4.69, 9.17) is 5.11 Å². The predicted molar refractivity (Wildman–Crippen MR) is 68.9 cm³/mol. The fourth-order valence-electron chi connectivity index (χ4n) is 1.28. The minimum atomic E-state index is -0.926. The molecule has 0 radical (unpaired) electrons. The van der Waals surface area contributed by atoms with Gasteiger partial charge in [-0.25, -0.2) is 9.78 Å². The Labute approximate surface area is 109 Å². The second-order valence-electron chi connectivity index (χ2n) is 3.66. The first-order valence-corrected chi connectivity index (χ1v) is 6.66.